The minimum Gasteiger partial charge on any atom is -0.330 e. The van der Waals surface area contributed by atoms with E-state index in [2.05, 4.69) is 48.4 Å². The van der Waals surface area contributed by atoms with Gasteiger partial charge in [0.1, 0.15) is 0 Å². The van der Waals surface area contributed by atoms with E-state index in [9.17, 15) is 0 Å². The van der Waals surface area contributed by atoms with Crippen LogP contribution in [0.15, 0.2) is 12.1 Å². The molecule has 1 heterocycles. The zero-order chi connectivity index (χ0) is 12.4. The second-order valence-electron chi connectivity index (χ2n) is 4.29. The summed E-state index contributed by atoms with van der Waals surface area (Å²) in [6, 6.07) is 4.27. The fourth-order valence-electron chi connectivity index (χ4n) is 2.17. The summed E-state index contributed by atoms with van der Waals surface area (Å²) in [5.41, 5.74) is 10.2. The van der Waals surface area contributed by atoms with E-state index in [1.165, 1.54) is 16.7 Å². The van der Waals surface area contributed by atoms with Gasteiger partial charge in [0.2, 0.25) is 0 Å². The van der Waals surface area contributed by atoms with Crippen LogP contribution >= 0.6 is 0 Å². The molecule has 2 rings (SSSR count). The molecule has 0 spiro atoms. The highest BCUT2D eigenvalue weighted by atomic mass is 15.5. The minimum atomic E-state index is 0.546. The number of hydrogen-bond acceptors (Lipinski definition) is 4. The molecule has 0 radical (unpaired) electrons. The van der Waals surface area contributed by atoms with Crippen LogP contribution in [0.5, 0.6) is 0 Å². The van der Waals surface area contributed by atoms with Gasteiger partial charge in [0.25, 0.3) is 0 Å². The number of aromatic nitrogens is 4. The molecular weight excluding hydrogens is 214 g/mol. The van der Waals surface area contributed by atoms with E-state index in [0.29, 0.717) is 13.0 Å². The molecule has 0 aliphatic heterocycles. The minimum absolute atomic E-state index is 0.546. The van der Waals surface area contributed by atoms with E-state index in [0.717, 1.165) is 11.5 Å². The summed E-state index contributed by atoms with van der Waals surface area (Å²) < 4.78 is 1.79. The van der Waals surface area contributed by atoms with E-state index in [1.807, 2.05) is 0 Å². The summed E-state index contributed by atoms with van der Waals surface area (Å²) in [6.07, 6.45) is 0.680. The molecule has 17 heavy (non-hydrogen) atoms. The average Bonchev–Trinajstić information content (AvgIpc) is 2.65. The summed E-state index contributed by atoms with van der Waals surface area (Å²) >= 11 is 0. The Morgan fingerprint density at radius 1 is 1.18 bits per heavy atom. The van der Waals surface area contributed by atoms with Gasteiger partial charge < -0.3 is 5.73 Å². The predicted octanol–water partition coefficient (Wildman–Crippen LogP) is 1.09. The Bertz CT molecular complexity index is 506. The number of hydrogen-bond donors (Lipinski definition) is 1. The summed E-state index contributed by atoms with van der Waals surface area (Å²) in [5.74, 6) is 0.808. The molecule has 5 nitrogen and oxygen atoms in total. The number of nitrogens with zero attached hydrogens (tertiary/aromatic N) is 4. The van der Waals surface area contributed by atoms with Gasteiger partial charge in [-0.2, -0.15) is 4.68 Å². The van der Waals surface area contributed by atoms with Crippen LogP contribution < -0.4 is 5.73 Å². The highest BCUT2D eigenvalue weighted by molar-refractivity contribution is 5.48. The number of tetrazole rings is 1. The Balaban J connectivity index is 2.56. The van der Waals surface area contributed by atoms with Crippen molar-refractivity contribution in [2.24, 2.45) is 5.73 Å². The molecule has 0 saturated carbocycles. The highest BCUT2D eigenvalue weighted by Crippen LogP contribution is 2.20. The summed E-state index contributed by atoms with van der Waals surface area (Å²) in [7, 11) is 0. The Kier molecular flexibility index (Phi) is 3.19. The third-order valence-electron chi connectivity index (χ3n) is 2.75. The lowest BCUT2D eigenvalue weighted by Gasteiger charge is -2.11. The first-order valence-corrected chi connectivity index (χ1v) is 5.69. The molecule has 0 fully saturated rings. The maximum atomic E-state index is 5.56. The van der Waals surface area contributed by atoms with E-state index in [1.54, 1.807) is 4.68 Å². The first kappa shape index (κ1) is 11.7. The lowest BCUT2D eigenvalue weighted by Crippen LogP contribution is -2.11. The van der Waals surface area contributed by atoms with Gasteiger partial charge in [0.15, 0.2) is 5.82 Å². The van der Waals surface area contributed by atoms with Crippen LogP contribution in [0.4, 0.5) is 0 Å². The Labute approximate surface area is 101 Å². The van der Waals surface area contributed by atoms with Gasteiger partial charge >= 0.3 is 0 Å². The third-order valence-corrected chi connectivity index (χ3v) is 2.75. The zero-order valence-corrected chi connectivity index (χ0v) is 10.4. The summed E-state index contributed by atoms with van der Waals surface area (Å²) in [5, 5.41) is 11.8. The van der Waals surface area contributed by atoms with Gasteiger partial charge in [-0.05, 0) is 48.9 Å². The molecule has 0 aliphatic carbocycles. The van der Waals surface area contributed by atoms with Crippen LogP contribution in [0.3, 0.4) is 0 Å². The van der Waals surface area contributed by atoms with Crippen LogP contribution in [-0.4, -0.2) is 26.8 Å². The van der Waals surface area contributed by atoms with E-state index < -0.39 is 0 Å². The summed E-state index contributed by atoms with van der Waals surface area (Å²) in [4.78, 5) is 0. The monoisotopic (exact) mass is 231 g/mol. The number of rotatable bonds is 3. The molecule has 1 aromatic carbocycles. The second kappa shape index (κ2) is 4.63. The third kappa shape index (κ3) is 2.19. The number of nitrogens with two attached hydrogens (primary N) is 1. The first-order chi connectivity index (χ1) is 8.13. The first-order valence-electron chi connectivity index (χ1n) is 5.69. The normalized spacial score (nSPS) is 10.8. The van der Waals surface area contributed by atoms with Crippen LogP contribution in [0, 0.1) is 20.8 Å². The maximum Gasteiger partial charge on any atom is 0.157 e. The largest absolute Gasteiger partial charge is 0.330 e. The van der Waals surface area contributed by atoms with Crippen LogP contribution in [0.25, 0.3) is 5.69 Å². The number of aryl methyl sites for hydroxylation is 3. The number of benzene rings is 1. The smallest absolute Gasteiger partial charge is 0.157 e. The summed E-state index contributed by atoms with van der Waals surface area (Å²) in [6.45, 7) is 6.78. The van der Waals surface area contributed by atoms with Crippen molar-refractivity contribution >= 4 is 0 Å². The van der Waals surface area contributed by atoms with Crippen molar-refractivity contribution in [2.45, 2.75) is 27.2 Å². The van der Waals surface area contributed by atoms with Crippen molar-refractivity contribution < 1.29 is 0 Å². The predicted molar refractivity (Wildman–Crippen MR) is 66.1 cm³/mol. The standard InChI is InChI=1S/C12H17N5/c1-8-6-9(2)12(10(3)7-8)17-11(4-5-13)14-15-16-17/h6-7H,4-5,13H2,1-3H3. The molecule has 2 N–H and O–H groups in total. The molecule has 1 aromatic heterocycles. The molecule has 2 aromatic rings. The van der Waals surface area contributed by atoms with Crippen LogP contribution in [0.1, 0.15) is 22.5 Å². The molecule has 0 aliphatic rings. The van der Waals surface area contributed by atoms with Crippen molar-refractivity contribution in [3.63, 3.8) is 0 Å². The van der Waals surface area contributed by atoms with Gasteiger partial charge in [-0.25, -0.2) is 0 Å². The van der Waals surface area contributed by atoms with Crippen molar-refractivity contribution in [3.05, 3.63) is 34.6 Å². The molecular formula is C12H17N5. The maximum absolute atomic E-state index is 5.56. The van der Waals surface area contributed by atoms with Crippen LogP contribution in [-0.2, 0) is 6.42 Å². The molecule has 90 valence electrons. The fraction of sp³-hybridized carbons (Fsp3) is 0.417. The Morgan fingerprint density at radius 2 is 1.82 bits per heavy atom. The molecule has 0 unspecified atom stereocenters. The van der Waals surface area contributed by atoms with E-state index in [-0.39, 0.29) is 0 Å². The van der Waals surface area contributed by atoms with Gasteiger partial charge in [0, 0.05) is 6.42 Å². The second-order valence-corrected chi connectivity index (χ2v) is 4.29. The van der Waals surface area contributed by atoms with E-state index in [4.69, 9.17) is 5.73 Å². The Morgan fingerprint density at radius 3 is 2.41 bits per heavy atom. The topological polar surface area (TPSA) is 69.6 Å². The van der Waals surface area contributed by atoms with Gasteiger partial charge in [-0.15, -0.1) is 5.10 Å². The van der Waals surface area contributed by atoms with E-state index >= 15 is 0 Å². The van der Waals surface area contributed by atoms with Gasteiger partial charge in [-0.1, -0.05) is 17.7 Å². The van der Waals surface area contributed by atoms with Gasteiger partial charge in [0.05, 0.1) is 5.69 Å². The zero-order valence-electron chi connectivity index (χ0n) is 10.4. The lowest BCUT2D eigenvalue weighted by atomic mass is 10.1. The molecule has 0 atom stereocenters. The van der Waals surface area contributed by atoms with Crippen molar-refractivity contribution in [2.75, 3.05) is 6.54 Å². The molecule has 0 saturated heterocycles. The van der Waals surface area contributed by atoms with Gasteiger partial charge in [-0.3, -0.25) is 0 Å². The molecule has 0 bridgehead atoms. The quantitative estimate of drug-likeness (QED) is 0.858. The fourth-order valence-corrected chi connectivity index (χ4v) is 2.17. The molecule has 0 amide bonds. The van der Waals surface area contributed by atoms with Crippen molar-refractivity contribution in [1.29, 1.82) is 0 Å². The highest BCUT2D eigenvalue weighted by Gasteiger charge is 2.12. The lowest BCUT2D eigenvalue weighted by molar-refractivity contribution is 0.747. The SMILES string of the molecule is Cc1cc(C)c(-n2nnnc2CCN)c(C)c1. The Hall–Kier alpha value is -1.75. The molecule has 5 heteroatoms. The average molecular weight is 231 g/mol. The van der Waals surface area contributed by atoms with Crippen molar-refractivity contribution in [3.8, 4) is 5.69 Å². The van der Waals surface area contributed by atoms with Crippen molar-refractivity contribution in [1.82, 2.24) is 20.2 Å². The van der Waals surface area contributed by atoms with Crippen LogP contribution in [0.2, 0.25) is 0 Å².